The molecule has 0 bridgehead atoms. The maximum Gasteiger partial charge on any atom is 0.227 e. The van der Waals surface area contributed by atoms with Gasteiger partial charge in [0.15, 0.2) is 0 Å². The molecule has 1 aromatic heterocycles. The topological polar surface area (TPSA) is 59.8 Å². The van der Waals surface area contributed by atoms with Crippen molar-refractivity contribution in [3.05, 3.63) is 71.4 Å². The van der Waals surface area contributed by atoms with Gasteiger partial charge < -0.3 is 14.6 Å². The monoisotopic (exact) mass is 465 g/mol. The third-order valence-corrected chi connectivity index (χ3v) is 6.02. The zero-order chi connectivity index (χ0) is 24.7. The Bertz CT molecular complexity index is 1020. The molecule has 2 aromatic carbocycles. The van der Waals surface area contributed by atoms with Gasteiger partial charge in [-0.15, -0.1) is 0 Å². The minimum atomic E-state index is -0.567. The Hall–Kier alpha value is -2.67. The Labute approximate surface area is 204 Å². The maximum atomic E-state index is 10.7. The summed E-state index contributed by atoms with van der Waals surface area (Å²) in [5.41, 5.74) is 4.05. The van der Waals surface area contributed by atoms with Crippen LogP contribution in [0.25, 0.3) is 5.69 Å². The van der Waals surface area contributed by atoms with Crippen LogP contribution in [0.2, 0.25) is 0 Å². The lowest BCUT2D eigenvalue weighted by molar-refractivity contribution is -0.0150. The smallest absolute Gasteiger partial charge is 0.227 e. The average molecular weight is 466 g/mol. The van der Waals surface area contributed by atoms with Crippen molar-refractivity contribution in [1.29, 1.82) is 0 Å². The molecule has 0 aliphatic carbocycles. The third kappa shape index (κ3) is 6.92. The molecule has 0 aliphatic rings. The van der Waals surface area contributed by atoms with Gasteiger partial charge in [0.1, 0.15) is 5.75 Å². The lowest BCUT2D eigenvalue weighted by atomic mass is 10.1. The second kappa shape index (κ2) is 12.2. The number of rotatable bonds is 12. The van der Waals surface area contributed by atoms with Gasteiger partial charge in [-0.3, -0.25) is 4.90 Å². The van der Waals surface area contributed by atoms with Gasteiger partial charge in [-0.1, -0.05) is 42.8 Å². The number of aryl methyl sites for hydroxylation is 2. The van der Waals surface area contributed by atoms with Crippen LogP contribution < -0.4 is 4.74 Å². The summed E-state index contributed by atoms with van der Waals surface area (Å²) in [6.07, 6.45) is 0.493. The first-order valence-corrected chi connectivity index (χ1v) is 12.2. The number of aromatic nitrogens is 2. The molecule has 1 N–H and O–H groups in total. The summed E-state index contributed by atoms with van der Waals surface area (Å²) in [6, 6.07) is 18.4. The molecule has 0 radical (unpaired) electrons. The van der Waals surface area contributed by atoms with Crippen molar-refractivity contribution in [2.75, 3.05) is 13.2 Å². The molecule has 3 aromatic rings. The minimum absolute atomic E-state index is 0.0903. The number of para-hydroxylation sites is 1. The first-order valence-electron chi connectivity index (χ1n) is 12.2. The molecule has 2 atom stereocenters. The molecule has 0 fully saturated rings. The largest absolute Gasteiger partial charge is 0.439 e. The summed E-state index contributed by atoms with van der Waals surface area (Å²) in [7, 11) is 0. The lowest BCUT2D eigenvalue weighted by Gasteiger charge is -2.30. The zero-order valence-electron chi connectivity index (χ0n) is 21.4. The van der Waals surface area contributed by atoms with Gasteiger partial charge >= 0.3 is 0 Å². The highest BCUT2D eigenvalue weighted by atomic mass is 16.5. The van der Waals surface area contributed by atoms with E-state index in [-0.39, 0.29) is 12.1 Å². The second-order valence-electron chi connectivity index (χ2n) is 9.25. The molecule has 3 rings (SSSR count). The summed E-state index contributed by atoms with van der Waals surface area (Å²) in [5.74, 6) is 1.47. The maximum absolute atomic E-state index is 10.7. The average Bonchev–Trinajstić information content (AvgIpc) is 3.13. The second-order valence-corrected chi connectivity index (χ2v) is 9.25. The van der Waals surface area contributed by atoms with E-state index >= 15 is 0 Å². The van der Waals surface area contributed by atoms with Crippen molar-refractivity contribution < 1.29 is 14.6 Å². The fourth-order valence-corrected chi connectivity index (χ4v) is 3.78. The van der Waals surface area contributed by atoms with Crippen molar-refractivity contribution in [3.63, 3.8) is 0 Å². The molecule has 0 spiro atoms. The molecule has 184 valence electrons. The predicted octanol–water partition coefficient (Wildman–Crippen LogP) is 5.67. The van der Waals surface area contributed by atoms with Crippen LogP contribution in [0.3, 0.4) is 0 Å². The molecule has 0 saturated heterocycles. The fraction of sp³-hybridized carbons (Fsp3) is 0.464. The minimum Gasteiger partial charge on any atom is -0.439 e. The molecule has 0 unspecified atom stereocenters. The van der Waals surface area contributed by atoms with Gasteiger partial charge in [-0.05, 0) is 65.3 Å². The molecule has 6 nitrogen and oxygen atoms in total. The van der Waals surface area contributed by atoms with E-state index in [1.165, 1.54) is 5.56 Å². The van der Waals surface area contributed by atoms with Gasteiger partial charge in [-0.25, -0.2) is 4.68 Å². The highest BCUT2D eigenvalue weighted by Gasteiger charge is 2.24. The summed E-state index contributed by atoms with van der Waals surface area (Å²) in [4.78, 5) is 2.29. The highest BCUT2D eigenvalue weighted by molar-refractivity contribution is 5.43. The van der Waals surface area contributed by atoms with Crippen LogP contribution in [-0.4, -0.2) is 51.2 Å². The van der Waals surface area contributed by atoms with Crippen LogP contribution in [0.4, 0.5) is 0 Å². The van der Waals surface area contributed by atoms with Gasteiger partial charge in [0, 0.05) is 19.1 Å². The van der Waals surface area contributed by atoms with Crippen molar-refractivity contribution in [2.24, 2.45) is 0 Å². The standard InChI is InChI=1S/C28H39N3O3/c1-7-22(5)30(17-25(32)19-33-20(2)3)18-27-23(6)29-31(24-11-9-8-10-12-24)28(27)34-26-15-13-21(4)14-16-26/h8-16,20,22,25,32H,7,17-19H2,1-6H3/t22-,25+/m1/s1. The van der Waals surface area contributed by atoms with Gasteiger partial charge in [0.05, 0.1) is 35.8 Å². The molecule has 1 heterocycles. The number of nitrogens with zero attached hydrogens (tertiary/aromatic N) is 3. The van der Waals surface area contributed by atoms with E-state index in [9.17, 15) is 5.11 Å². The zero-order valence-corrected chi connectivity index (χ0v) is 21.4. The Morgan fingerprint density at radius 3 is 2.29 bits per heavy atom. The van der Waals surface area contributed by atoms with E-state index in [2.05, 4.69) is 25.7 Å². The van der Waals surface area contributed by atoms with Gasteiger partial charge in [0.2, 0.25) is 5.88 Å². The highest BCUT2D eigenvalue weighted by Crippen LogP contribution is 2.32. The Morgan fingerprint density at radius 1 is 1.00 bits per heavy atom. The SMILES string of the molecule is CC[C@@H](C)N(Cc1c(C)nn(-c2ccccc2)c1Oc1ccc(C)cc1)C[C@H](O)COC(C)C. The first kappa shape index (κ1) is 25.9. The fourth-order valence-electron chi connectivity index (χ4n) is 3.78. The summed E-state index contributed by atoms with van der Waals surface area (Å²) in [6.45, 7) is 13.8. The molecular weight excluding hydrogens is 426 g/mol. The number of aliphatic hydroxyl groups excluding tert-OH is 1. The summed E-state index contributed by atoms with van der Waals surface area (Å²) < 4.78 is 14.0. The number of hydrogen-bond acceptors (Lipinski definition) is 5. The van der Waals surface area contributed by atoms with Crippen LogP contribution in [0.15, 0.2) is 54.6 Å². The number of hydrogen-bond donors (Lipinski definition) is 1. The molecule has 0 aliphatic heterocycles. The van der Waals surface area contributed by atoms with E-state index in [1.807, 2.05) is 80.1 Å². The van der Waals surface area contributed by atoms with Crippen LogP contribution >= 0.6 is 0 Å². The molecule has 0 amide bonds. The van der Waals surface area contributed by atoms with Gasteiger partial charge in [0.25, 0.3) is 0 Å². The van der Waals surface area contributed by atoms with Crippen LogP contribution in [0.5, 0.6) is 11.6 Å². The first-order chi connectivity index (χ1) is 16.3. The quantitative estimate of drug-likeness (QED) is 0.374. The van der Waals surface area contributed by atoms with Crippen molar-refractivity contribution in [1.82, 2.24) is 14.7 Å². The normalized spacial score (nSPS) is 13.4. The van der Waals surface area contributed by atoms with E-state index in [4.69, 9.17) is 14.6 Å². The molecule has 6 heteroatoms. The Balaban J connectivity index is 1.95. The van der Waals surface area contributed by atoms with Gasteiger partial charge in [-0.2, -0.15) is 5.10 Å². The van der Waals surface area contributed by atoms with E-state index in [0.29, 0.717) is 25.6 Å². The predicted molar refractivity (Wildman–Crippen MR) is 137 cm³/mol. The van der Waals surface area contributed by atoms with Crippen molar-refractivity contribution in [3.8, 4) is 17.3 Å². The number of ether oxygens (including phenoxy) is 2. The summed E-state index contributed by atoms with van der Waals surface area (Å²) >= 11 is 0. The van der Waals surface area contributed by atoms with Crippen LogP contribution in [0.1, 0.15) is 50.9 Å². The number of aliphatic hydroxyl groups is 1. The summed E-state index contributed by atoms with van der Waals surface area (Å²) in [5, 5.41) is 15.5. The van der Waals surface area contributed by atoms with Crippen LogP contribution in [0, 0.1) is 13.8 Å². The van der Waals surface area contributed by atoms with E-state index < -0.39 is 6.10 Å². The van der Waals surface area contributed by atoms with Crippen molar-refractivity contribution >= 4 is 0 Å². The lowest BCUT2D eigenvalue weighted by Crippen LogP contribution is -2.40. The molecular formula is C28H39N3O3. The van der Waals surface area contributed by atoms with E-state index in [1.54, 1.807) is 0 Å². The van der Waals surface area contributed by atoms with Crippen LogP contribution in [-0.2, 0) is 11.3 Å². The number of benzene rings is 2. The van der Waals surface area contributed by atoms with E-state index in [0.717, 1.165) is 29.1 Å². The molecule has 0 saturated carbocycles. The molecule has 34 heavy (non-hydrogen) atoms. The Morgan fingerprint density at radius 2 is 1.68 bits per heavy atom. The Kier molecular flexibility index (Phi) is 9.28. The third-order valence-electron chi connectivity index (χ3n) is 6.02. The van der Waals surface area contributed by atoms with Crippen molar-refractivity contribution in [2.45, 2.75) is 72.8 Å².